The zero-order valence-corrected chi connectivity index (χ0v) is 14.0. The molecule has 19 heavy (non-hydrogen) atoms. The van der Waals surface area contributed by atoms with E-state index >= 15 is 0 Å². The molecule has 0 spiro atoms. The van der Waals surface area contributed by atoms with Crippen molar-refractivity contribution in [3.63, 3.8) is 0 Å². The monoisotopic (exact) mass is 324 g/mol. The summed E-state index contributed by atoms with van der Waals surface area (Å²) >= 11 is 3.56. The third-order valence-corrected chi connectivity index (χ3v) is 4.25. The molecule has 0 amide bonds. The molecule has 0 aliphatic heterocycles. The summed E-state index contributed by atoms with van der Waals surface area (Å²) in [4.78, 5) is 2.27. The number of fused-ring (bicyclic) bond motifs is 1. The maximum Gasteiger partial charge on any atom is 0.0326 e. The molecule has 0 saturated heterocycles. The molecule has 0 heterocycles. The lowest BCUT2D eigenvalue weighted by atomic mass is 9.92. The number of halogens is 1. The van der Waals surface area contributed by atoms with E-state index in [-0.39, 0.29) is 0 Å². The maximum absolute atomic E-state index is 3.76. The van der Waals surface area contributed by atoms with Crippen LogP contribution in [-0.4, -0.2) is 32.1 Å². The van der Waals surface area contributed by atoms with Gasteiger partial charge in [-0.25, -0.2) is 0 Å². The molecule has 1 aliphatic carbocycles. The van der Waals surface area contributed by atoms with Crippen LogP contribution in [0.4, 0.5) is 0 Å². The van der Waals surface area contributed by atoms with E-state index in [9.17, 15) is 0 Å². The maximum atomic E-state index is 3.76. The van der Waals surface area contributed by atoms with E-state index in [4.69, 9.17) is 0 Å². The molecule has 1 unspecified atom stereocenters. The van der Waals surface area contributed by atoms with Gasteiger partial charge in [-0.2, -0.15) is 0 Å². The first-order valence-electron chi connectivity index (χ1n) is 7.04. The lowest BCUT2D eigenvalue weighted by Gasteiger charge is -2.30. The molecule has 1 aliphatic rings. The quantitative estimate of drug-likeness (QED) is 0.890. The SMILES string of the molecule is CN(C)CC(C)(C)CNC1CCc2cc(Br)ccc21. The standard InChI is InChI=1S/C16H25BrN2/c1-16(2,11-19(3)4)10-18-15-8-5-12-9-13(17)6-7-14(12)15/h6-7,9,15,18H,5,8,10-11H2,1-4H3. The van der Waals surface area contributed by atoms with Gasteiger partial charge in [-0.3, -0.25) is 0 Å². The van der Waals surface area contributed by atoms with Gasteiger partial charge in [0.05, 0.1) is 0 Å². The predicted octanol–water partition coefficient (Wildman–Crippen LogP) is 3.61. The summed E-state index contributed by atoms with van der Waals surface area (Å²) in [7, 11) is 4.29. The first-order chi connectivity index (χ1) is 8.87. The first-order valence-corrected chi connectivity index (χ1v) is 7.83. The van der Waals surface area contributed by atoms with Crippen molar-refractivity contribution in [2.24, 2.45) is 5.41 Å². The van der Waals surface area contributed by atoms with Gasteiger partial charge in [-0.05, 0) is 55.6 Å². The van der Waals surface area contributed by atoms with Gasteiger partial charge >= 0.3 is 0 Å². The number of hydrogen-bond donors (Lipinski definition) is 1. The fourth-order valence-electron chi connectivity index (χ4n) is 3.11. The van der Waals surface area contributed by atoms with Gasteiger partial charge < -0.3 is 10.2 Å². The zero-order chi connectivity index (χ0) is 14.0. The van der Waals surface area contributed by atoms with Crippen molar-refractivity contribution in [1.82, 2.24) is 10.2 Å². The van der Waals surface area contributed by atoms with Gasteiger partial charge in [-0.1, -0.05) is 35.8 Å². The summed E-state index contributed by atoms with van der Waals surface area (Å²) in [5.74, 6) is 0. The molecule has 0 aromatic heterocycles. The van der Waals surface area contributed by atoms with Crippen LogP contribution in [0.15, 0.2) is 22.7 Å². The lowest BCUT2D eigenvalue weighted by molar-refractivity contribution is 0.225. The third-order valence-electron chi connectivity index (χ3n) is 3.75. The molecule has 0 saturated carbocycles. The Hall–Kier alpha value is -0.380. The molecule has 2 nitrogen and oxygen atoms in total. The molecular formula is C16H25BrN2. The number of aryl methyl sites for hydroxylation is 1. The van der Waals surface area contributed by atoms with Crippen molar-refractivity contribution in [2.45, 2.75) is 32.7 Å². The molecule has 1 aromatic rings. The highest BCUT2D eigenvalue weighted by Gasteiger charge is 2.25. The second-order valence-electron chi connectivity index (χ2n) is 6.72. The van der Waals surface area contributed by atoms with Crippen LogP contribution in [0.5, 0.6) is 0 Å². The summed E-state index contributed by atoms with van der Waals surface area (Å²) < 4.78 is 1.19. The normalized spacial score (nSPS) is 18.9. The minimum absolute atomic E-state index is 0.307. The molecule has 106 valence electrons. The number of rotatable bonds is 5. The Balaban J connectivity index is 1.96. The number of hydrogen-bond acceptors (Lipinski definition) is 2. The van der Waals surface area contributed by atoms with Gasteiger partial charge in [0, 0.05) is 23.6 Å². The van der Waals surface area contributed by atoms with Crippen LogP contribution in [0, 0.1) is 5.41 Å². The van der Waals surface area contributed by atoms with Crippen molar-refractivity contribution in [3.05, 3.63) is 33.8 Å². The van der Waals surface area contributed by atoms with Crippen molar-refractivity contribution in [1.29, 1.82) is 0 Å². The number of benzene rings is 1. The first kappa shape index (κ1) is 15.0. The van der Waals surface area contributed by atoms with Gasteiger partial charge in [-0.15, -0.1) is 0 Å². The van der Waals surface area contributed by atoms with Crippen molar-refractivity contribution in [2.75, 3.05) is 27.2 Å². The molecular weight excluding hydrogens is 300 g/mol. The van der Waals surface area contributed by atoms with Gasteiger partial charge in [0.2, 0.25) is 0 Å². The molecule has 0 bridgehead atoms. The molecule has 1 atom stereocenters. The van der Waals surface area contributed by atoms with E-state index in [0.29, 0.717) is 11.5 Å². The highest BCUT2D eigenvalue weighted by molar-refractivity contribution is 9.10. The Morgan fingerprint density at radius 2 is 2.11 bits per heavy atom. The minimum Gasteiger partial charge on any atom is -0.309 e. The van der Waals surface area contributed by atoms with Crippen LogP contribution in [0.25, 0.3) is 0 Å². The van der Waals surface area contributed by atoms with Crippen LogP contribution in [-0.2, 0) is 6.42 Å². The Kier molecular flexibility index (Phi) is 4.70. The third kappa shape index (κ3) is 4.04. The Bertz CT molecular complexity index is 440. The Labute approximate surface area is 125 Å². The summed E-state index contributed by atoms with van der Waals surface area (Å²) in [6, 6.07) is 7.22. The van der Waals surface area contributed by atoms with E-state index in [0.717, 1.165) is 13.1 Å². The lowest BCUT2D eigenvalue weighted by Crippen LogP contribution is -2.38. The smallest absolute Gasteiger partial charge is 0.0326 e. The Morgan fingerprint density at radius 1 is 1.37 bits per heavy atom. The van der Waals surface area contributed by atoms with Gasteiger partial charge in [0.15, 0.2) is 0 Å². The summed E-state index contributed by atoms with van der Waals surface area (Å²) in [6.45, 7) is 6.83. The zero-order valence-electron chi connectivity index (χ0n) is 12.5. The summed E-state index contributed by atoms with van der Waals surface area (Å²) in [6.07, 6.45) is 2.42. The van der Waals surface area contributed by atoms with Gasteiger partial charge in [0.1, 0.15) is 0 Å². The fourth-order valence-corrected chi connectivity index (χ4v) is 3.52. The van der Waals surface area contributed by atoms with E-state index in [2.05, 4.69) is 72.3 Å². The van der Waals surface area contributed by atoms with E-state index < -0.39 is 0 Å². The molecule has 1 aromatic carbocycles. The van der Waals surface area contributed by atoms with Crippen LogP contribution >= 0.6 is 15.9 Å². The van der Waals surface area contributed by atoms with Crippen LogP contribution in [0.1, 0.15) is 37.4 Å². The molecule has 0 fully saturated rings. The fraction of sp³-hybridized carbons (Fsp3) is 0.625. The molecule has 3 heteroatoms. The highest BCUT2D eigenvalue weighted by Crippen LogP contribution is 2.33. The van der Waals surface area contributed by atoms with Crippen LogP contribution in [0.3, 0.4) is 0 Å². The molecule has 2 rings (SSSR count). The van der Waals surface area contributed by atoms with Crippen molar-refractivity contribution >= 4 is 15.9 Å². The largest absolute Gasteiger partial charge is 0.309 e. The summed E-state index contributed by atoms with van der Waals surface area (Å²) in [5, 5.41) is 3.76. The second kappa shape index (κ2) is 5.94. The second-order valence-corrected chi connectivity index (χ2v) is 7.63. The Morgan fingerprint density at radius 3 is 2.79 bits per heavy atom. The average Bonchev–Trinajstić information content (AvgIpc) is 2.67. The minimum atomic E-state index is 0.307. The predicted molar refractivity (Wildman–Crippen MR) is 85.5 cm³/mol. The van der Waals surface area contributed by atoms with E-state index in [1.807, 2.05) is 0 Å². The topological polar surface area (TPSA) is 15.3 Å². The van der Waals surface area contributed by atoms with Gasteiger partial charge in [0.25, 0.3) is 0 Å². The molecule has 1 N–H and O–H groups in total. The van der Waals surface area contributed by atoms with Crippen molar-refractivity contribution in [3.8, 4) is 0 Å². The number of nitrogens with zero attached hydrogens (tertiary/aromatic N) is 1. The van der Waals surface area contributed by atoms with Crippen molar-refractivity contribution < 1.29 is 0 Å². The average molecular weight is 325 g/mol. The number of nitrogens with one attached hydrogen (secondary N) is 1. The highest BCUT2D eigenvalue weighted by atomic mass is 79.9. The molecule has 0 radical (unpaired) electrons. The van der Waals surface area contributed by atoms with Crippen LogP contribution in [0.2, 0.25) is 0 Å². The van der Waals surface area contributed by atoms with E-state index in [1.54, 1.807) is 0 Å². The van der Waals surface area contributed by atoms with Crippen LogP contribution < -0.4 is 5.32 Å². The summed E-state index contributed by atoms with van der Waals surface area (Å²) in [5.41, 5.74) is 3.29. The van der Waals surface area contributed by atoms with E-state index in [1.165, 1.54) is 28.4 Å².